The predicted octanol–water partition coefficient (Wildman–Crippen LogP) is 6.01. The number of ether oxygens (including phenoxy) is 4. The number of halogens is 4. The Bertz CT molecular complexity index is 858. The Kier molecular flexibility index (Phi) is 9.30. The highest BCUT2D eigenvalue weighted by Crippen LogP contribution is 2.32. The third kappa shape index (κ3) is 7.86. The minimum atomic E-state index is -4.78. The van der Waals surface area contributed by atoms with Crippen molar-refractivity contribution in [3.63, 3.8) is 0 Å². The lowest BCUT2D eigenvalue weighted by molar-refractivity contribution is -0.274. The number of carbonyl (C=O) groups is 1. The third-order valence-corrected chi connectivity index (χ3v) is 4.41. The molecular weight excluding hydrogens is 437 g/mol. The molecule has 5 nitrogen and oxygen atoms in total. The van der Waals surface area contributed by atoms with Crippen LogP contribution in [-0.4, -0.2) is 32.0 Å². The first-order valence-corrected chi connectivity index (χ1v) is 10.3. The van der Waals surface area contributed by atoms with Crippen LogP contribution in [-0.2, 0) is 11.2 Å². The number of hydrogen-bond donors (Lipinski definition) is 0. The second kappa shape index (κ2) is 11.7. The topological polar surface area (TPSA) is 54.0 Å². The quantitative estimate of drug-likeness (QED) is 0.357. The average Bonchev–Trinajstić information content (AvgIpc) is 2.74. The standard InChI is InChI=1S/C20H18ClF3O5.C2H6/c21-17-10-15(29-20(22,23)24)6-7-18(17)27-9-1-8-26-14-4-2-13-3-5-16(12-25)28-19(13)11-14;1-2/h2,4,6-7,10-12,16H,1,3,5,8-9H2;1-2H3. The van der Waals surface area contributed by atoms with Gasteiger partial charge in [-0.25, -0.2) is 0 Å². The monoisotopic (exact) mass is 460 g/mol. The van der Waals surface area contributed by atoms with Crippen molar-refractivity contribution in [1.29, 1.82) is 0 Å². The maximum absolute atomic E-state index is 12.2. The second-order valence-electron chi connectivity index (χ2n) is 6.29. The summed E-state index contributed by atoms with van der Waals surface area (Å²) in [7, 11) is 0. The zero-order valence-electron chi connectivity index (χ0n) is 17.2. The molecule has 1 unspecified atom stereocenters. The number of rotatable bonds is 8. The fourth-order valence-corrected chi connectivity index (χ4v) is 3.01. The molecule has 0 saturated carbocycles. The Morgan fingerprint density at radius 3 is 2.48 bits per heavy atom. The van der Waals surface area contributed by atoms with Crippen molar-refractivity contribution >= 4 is 17.9 Å². The molecule has 0 aliphatic carbocycles. The Hall–Kier alpha value is -2.61. The Balaban J connectivity index is 0.00000166. The number of carbonyl (C=O) groups excluding carboxylic acids is 1. The van der Waals surface area contributed by atoms with Crippen molar-refractivity contribution in [2.24, 2.45) is 0 Å². The first kappa shape index (κ1) is 24.7. The van der Waals surface area contributed by atoms with Crippen molar-refractivity contribution in [1.82, 2.24) is 0 Å². The molecule has 0 amide bonds. The van der Waals surface area contributed by atoms with E-state index in [-0.39, 0.29) is 17.4 Å². The molecule has 0 spiro atoms. The smallest absolute Gasteiger partial charge is 0.493 e. The maximum atomic E-state index is 12.2. The number of alkyl halides is 3. The van der Waals surface area contributed by atoms with Gasteiger partial charge in [-0.2, -0.15) is 0 Å². The lowest BCUT2D eigenvalue weighted by atomic mass is 10.0. The van der Waals surface area contributed by atoms with Gasteiger partial charge in [0.1, 0.15) is 23.0 Å². The normalized spacial score (nSPS) is 15.0. The first-order chi connectivity index (χ1) is 14.8. The van der Waals surface area contributed by atoms with E-state index in [9.17, 15) is 18.0 Å². The van der Waals surface area contributed by atoms with Crippen LogP contribution >= 0.6 is 11.6 Å². The van der Waals surface area contributed by atoms with E-state index in [1.54, 1.807) is 6.07 Å². The van der Waals surface area contributed by atoms with E-state index in [2.05, 4.69) is 4.74 Å². The van der Waals surface area contributed by atoms with Gasteiger partial charge >= 0.3 is 6.36 Å². The van der Waals surface area contributed by atoms with Crippen LogP contribution < -0.4 is 18.9 Å². The van der Waals surface area contributed by atoms with Gasteiger partial charge in [0.2, 0.25) is 0 Å². The van der Waals surface area contributed by atoms with Gasteiger partial charge in [-0.05, 0) is 36.6 Å². The molecular formula is C22H24ClF3O5. The Morgan fingerprint density at radius 2 is 1.81 bits per heavy atom. The van der Waals surface area contributed by atoms with Gasteiger partial charge in [-0.3, -0.25) is 4.79 Å². The lowest BCUT2D eigenvalue weighted by Crippen LogP contribution is -2.23. The van der Waals surface area contributed by atoms with E-state index in [1.807, 2.05) is 26.0 Å². The van der Waals surface area contributed by atoms with Crippen LogP contribution in [0.4, 0.5) is 13.2 Å². The zero-order chi connectivity index (χ0) is 22.9. The van der Waals surface area contributed by atoms with Crippen LogP contribution in [0.5, 0.6) is 23.0 Å². The van der Waals surface area contributed by atoms with Crippen molar-refractivity contribution in [2.75, 3.05) is 13.2 Å². The number of aldehydes is 1. The summed E-state index contributed by atoms with van der Waals surface area (Å²) < 4.78 is 57.1. The van der Waals surface area contributed by atoms with E-state index in [0.29, 0.717) is 30.9 Å². The van der Waals surface area contributed by atoms with Gasteiger partial charge < -0.3 is 18.9 Å². The summed E-state index contributed by atoms with van der Waals surface area (Å²) in [6.45, 7) is 4.61. The van der Waals surface area contributed by atoms with E-state index >= 15 is 0 Å². The third-order valence-electron chi connectivity index (χ3n) is 4.12. The molecule has 0 aromatic heterocycles. The zero-order valence-corrected chi connectivity index (χ0v) is 18.0. The molecule has 3 rings (SSSR count). The van der Waals surface area contributed by atoms with Crippen molar-refractivity contribution in [3.8, 4) is 23.0 Å². The van der Waals surface area contributed by atoms with Crippen LogP contribution in [0, 0.1) is 0 Å². The van der Waals surface area contributed by atoms with Gasteiger partial charge in [0.05, 0.1) is 18.2 Å². The second-order valence-corrected chi connectivity index (χ2v) is 6.70. The maximum Gasteiger partial charge on any atom is 0.573 e. The first-order valence-electron chi connectivity index (χ1n) is 9.90. The fourth-order valence-electron chi connectivity index (χ4n) is 2.78. The molecule has 1 heterocycles. The van der Waals surface area contributed by atoms with Gasteiger partial charge in [0, 0.05) is 18.6 Å². The molecule has 0 bridgehead atoms. The SMILES string of the molecule is CC.O=CC1CCc2ccc(OCCCOc3ccc(OC(F)(F)F)cc3Cl)cc2O1. The highest BCUT2D eigenvalue weighted by atomic mass is 35.5. The lowest BCUT2D eigenvalue weighted by Gasteiger charge is -2.22. The molecule has 170 valence electrons. The van der Waals surface area contributed by atoms with Gasteiger partial charge in [0.15, 0.2) is 12.4 Å². The van der Waals surface area contributed by atoms with Gasteiger partial charge in [-0.1, -0.05) is 31.5 Å². The fraction of sp³-hybridized carbons (Fsp3) is 0.409. The van der Waals surface area contributed by atoms with Gasteiger partial charge in [-0.15, -0.1) is 13.2 Å². The number of aryl methyl sites for hydroxylation is 1. The average molecular weight is 461 g/mol. The minimum Gasteiger partial charge on any atom is -0.493 e. The summed E-state index contributed by atoms with van der Waals surface area (Å²) >= 11 is 5.92. The summed E-state index contributed by atoms with van der Waals surface area (Å²) in [6, 6.07) is 8.98. The summed E-state index contributed by atoms with van der Waals surface area (Å²) in [5.41, 5.74) is 1.03. The van der Waals surface area contributed by atoms with Crippen LogP contribution in [0.1, 0.15) is 32.3 Å². The Labute approximate surface area is 184 Å². The van der Waals surface area contributed by atoms with E-state index < -0.39 is 18.2 Å². The number of fused-ring (bicyclic) bond motifs is 1. The molecule has 2 aromatic carbocycles. The molecule has 0 N–H and O–H groups in total. The highest BCUT2D eigenvalue weighted by molar-refractivity contribution is 6.32. The van der Waals surface area contributed by atoms with Gasteiger partial charge in [0.25, 0.3) is 0 Å². The van der Waals surface area contributed by atoms with E-state index in [4.69, 9.17) is 25.8 Å². The summed E-state index contributed by atoms with van der Waals surface area (Å²) in [4.78, 5) is 10.9. The molecule has 2 aromatic rings. The molecule has 9 heteroatoms. The molecule has 0 saturated heterocycles. The molecule has 1 atom stereocenters. The highest BCUT2D eigenvalue weighted by Gasteiger charge is 2.31. The minimum absolute atomic E-state index is 0.0178. The molecule has 0 fully saturated rings. The number of benzene rings is 2. The predicted molar refractivity (Wildman–Crippen MR) is 110 cm³/mol. The van der Waals surface area contributed by atoms with Crippen LogP contribution in [0.15, 0.2) is 36.4 Å². The van der Waals surface area contributed by atoms with E-state index in [0.717, 1.165) is 30.4 Å². The van der Waals surface area contributed by atoms with Crippen LogP contribution in [0.3, 0.4) is 0 Å². The van der Waals surface area contributed by atoms with Crippen molar-refractivity contribution in [2.45, 2.75) is 45.6 Å². The van der Waals surface area contributed by atoms with Crippen LogP contribution in [0.2, 0.25) is 5.02 Å². The van der Waals surface area contributed by atoms with E-state index in [1.165, 1.54) is 6.07 Å². The summed E-state index contributed by atoms with van der Waals surface area (Å²) in [5.74, 6) is 1.10. The summed E-state index contributed by atoms with van der Waals surface area (Å²) in [5, 5.41) is 0.0178. The summed E-state index contributed by atoms with van der Waals surface area (Å²) in [6.07, 6.45) is -2.45. The number of hydrogen-bond acceptors (Lipinski definition) is 5. The van der Waals surface area contributed by atoms with Crippen molar-refractivity contribution < 1.29 is 36.9 Å². The molecule has 31 heavy (non-hydrogen) atoms. The molecule has 1 aliphatic rings. The Morgan fingerprint density at radius 1 is 1.10 bits per heavy atom. The molecule has 0 radical (unpaired) electrons. The van der Waals surface area contributed by atoms with Crippen molar-refractivity contribution in [3.05, 3.63) is 47.0 Å². The van der Waals surface area contributed by atoms with Crippen LogP contribution in [0.25, 0.3) is 0 Å². The largest absolute Gasteiger partial charge is 0.573 e. The molecule has 1 aliphatic heterocycles.